The topological polar surface area (TPSA) is 55.1 Å². The highest BCUT2D eigenvalue weighted by Crippen LogP contribution is 2.16. The van der Waals surface area contributed by atoms with Gasteiger partial charge in [0.25, 0.3) is 0 Å². The summed E-state index contributed by atoms with van der Waals surface area (Å²) in [4.78, 5) is 10.9. The number of carbonyl (C=O) groups is 1. The summed E-state index contributed by atoms with van der Waals surface area (Å²) < 4.78 is 1.49. The Balaban J connectivity index is 3.15. The van der Waals surface area contributed by atoms with E-state index in [1.54, 1.807) is 20.0 Å². The minimum Gasteiger partial charge on any atom is -0.479 e. The van der Waals surface area contributed by atoms with E-state index in [1.165, 1.54) is 4.68 Å². The highest BCUT2D eigenvalue weighted by atomic mass is 16.4. The van der Waals surface area contributed by atoms with Gasteiger partial charge in [0, 0.05) is 6.20 Å². The number of carboxylic acid groups (broad SMARTS) is 1. The molecule has 0 bridgehead atoms. The van der Waals surface area contributed by atoms with Crippen LogP contribution in [0.2, 0.25) is 0 Å². The molecular weight excluding hydrogens is 168 g/mol. The predicted molar refractivity (Wildman–Crippen MR) is 48.7 cm³/mol. The number of carboxylic acids is 1. The van der Waals surface area contributed by atoms with Gasteiger partial charge in [-0.25, -0.2) is 4.79 Å². The minimum absolute atomic E-state index is 0.870. The van der Waals surface area contributed by atoms with Crippen LogP contribution in [0.15, 0.2) is 6.20 Å². The van der Waals surface area contributed by atoms with Gasteiger partial charge in [-0.3, -0.25) is 4.68 Å². The Labute approximate surface area is 77.2 Å². The standard InChI is InChI=1S/C9H14N2O2/c1-6-5-11(10-7(6)2)9(3,4)8(12)13/h5H,1-4H3,(H,12,13). The predicted octanol–water partition coefficient (Wildman–Crippen LogP) is 1.32. The molecular formula is C9H14N2O2. The molecule has 0 aromatic carbocycles. The lowest BCUT2D eigenvalue weighted by Crippen LogP contribution is -2.36. The lowest BCUT2D eigenvalue weighted by molar-refractivity contribution is -0.146. The summed E-state index contributed by atoms with van der Waals surface area (Å²) in [6, 6.07) is 0. The fraction of sp³-hybridized carbons (Fsp3) is 0.556. The van der Waals surface area contributed by atoms with Crippen molar-refractivity contribution >= 4 is 5.97 Å². The van der Waals surface area contributed by atoms with Crippen molar-refractivity contribution in [3.8, 4) is 0 Å². The zero-order chi connectivity index (χ0) is 10.2. The number of rotatable bonds is 2. The maximum absolute atomic E-state index is 10.9. The number of aryl methyl sites for hydroxylation is 2. The van der Waals surface area contributed by atoms with Crippen LogP contribution in [-0.2, 0) is 10.3 Å². The average molecular weight is 182 g/mol. The highest BCUT2D eigenvalue weighted by molar-refractivity contribution is 5.75. The first-order valence-corrected chi connectivity index (χ1v) is 4.12. The number of hydrogen-bond acceptors (Lipinski definition) is 2. The molecule has 0 aliphatic rings. The minimum atomic E-state index is -0.973. The van der Waals surface area contributed by atoms with Crippen molar-refractivity contribution in [3.05, 3.63) is 17.5 Å². The van der Waals surface area contributed by atoms with E-state index in [1.807, 2.05) is 13.8 Å². The molecule has 0 aliphatic carbocycles. The zero-order valence-corrected chi connectivity index (χ0v) is 8.33. The van der Waals surface area contributed by atoms with E-state index in [2.05, 4.69) is 5.10 Å². The summed E-state index contributed by atoms with van der Waals surface area (Å²) in [5.41, 5.74) is 0.905. The fourth-order valence-electron chi connectivity index (χ4n) is 0.931. The van der Waals surface area contributed by atoms with E-state index < -0.39 is 11.5 Å². The second kappa shape index (κ2) is 2.87. The van der Waals surface area contributed by atoms with E-state index in [0.717, 1.165) is 11.3 Å². The first-order chi connectivity index (χ1) is 5.85. The van der Waals surface area contributed by atoms with Gasteiger partial charge in [0.05, 0.1) is 5.69 Å². The Morgan fingerprint density at radius 1 is 1.54 bits per heavy atom. The summed E-state index contributed by atoms with van der Waals surface area (Å²) in [6.07, 6.45) is 1.75. The zero-order valence-electron chi connectivity index (χ0n) is 8.33. The molecule has 1 heterocycles. The van der Waals surface area contributed by atoms with Crippen LogP contribution in [0.4, 0.5) is 0 Å². The molecule has 0 amide bonds. The molecule has 0 fully saturated rings. The molecule has 0 spiro atoms. The maximum atomic E-state index is 10.9. The molecule has 0 atom stereocenters. The van der Waals surface area contributed by atoms with Crippen LogP contribution in [0.25, 0.3) is 0 Å². The van der Waals surface area contributed by atoms with Gasteiger partial charge in [-0.15, -0.1) is 0 Å². The molecule has 1 aromatic heterocycles. The third-order valence-corrected chi connectivity index (χ3v) is 2.24. The largest absolute Gasteiger partial charge is 0.479 e. The third-order valence-electron chi connectivity index (χ3n) is 2.24. The molecule has 0 radical (unpaired) electrons. The molecule has 0 saturated carbocycles. The van der Waals surface area contributed by atoms with Crippen LogP contribution in [-0.4, -0.2) is 20.9 Å². The van der Waals surface area contributed by atoms with Gasteiger partial charge in [0.15, 0.2) is 5.54 Å². The molecule has 4 heteroatoms. The van der Waals surface area contributed by atoms with Crippen LogP contribution in [0, 0.1) is 13.8 Å². The Bertz CT molecular complexity index is 320. The molecule has 13 heavy (non-hydrogen) atoms. The van der Waals surface area contributed by atoms with Crippen molar-refractivity contribution in [2.24, 2.45) is 0 Å². The van der Waals surface area contributed by atoms with E-state index in [4.69, 9.17) is 5.11 Å². The molecule has 0 aliphatic heterocycles. The van der Waals surface area contributed by atoms with Gasteiger partial charge in [-0.2, -0.15) is 5.10 Å². The second-order valence-electron chi connectivity index (χ2n) is 3.71. The molecule has 1 rings (SSSR count). The van der Waals surface area contributed by atoms with Crippen molar-refractivity contribution in [2.45, 2.75) is 33.2 Å². The van der Waals surface area contributed by atoms with E-state index in [-0.39, 0.29) is 0 Å². The van der Waals surface area contributed by atoms with Crippen molar-refractivity contribution in [1.82, 2.24) is 9.78 Å². The van der Waals surface area contributed by atoms with Crippen LogP contribution < -0.4 is 0 Å². The maximum Gasteiger partial charge on any atom is 0.331 e. The normalized spacial score (nSPS) is 11.7. The van der Waals surface area contributed by atoms with Crippen molar-refractivity contribution in [1.29, 1.82) is 0 Å². The van der Waals surface area contributed by atoms with Gasteiger partial charge in [0.1, 0.15) is 0 Å². The summed E-state index contributed by atoms with van der Waals surface area (Å²) in [5.74, 6) is -0.880. The summed E-state index contributed by atoms with van der Waals surface area (Å²) in [6.45, 7) is 7.03. The Morgan fingerprint density at radius 2 is 2.08 bits per heavy atom. The van der Waals surface area contributed by atoms with Gasteiger partial charge >= 0.3 is 5.97 Å². The second-order valence-corrected chi connectivity index (χ2v) is 3.71. The van der Waals surface area contributed by atoms with E-state index >= 15 is 0 Å². The van der Waals surface area contributed by atoms with Crippen molar-refractivity contribution < 1.29 is 9.90 Å². The monoisotopic (exact) mass is 182 g/mol. The molecule has 0 saturated heterocycles. The van der Waals surface area contributed by atoms with Crippen LogP contribution >= 0.6 is 0 Å². The van der Waals surface area contributed by atoms with Crippen molar-refractivity contribution in [3.63, 3.8) is 0 Å². The molecule has 0 unspecified atom stereocenters. The summed E-state index contributed by atoms with van der Waals surface area (Å²) >= 11 is 0. The first-order valence-electron chi connectivity index (χ1n) is 4.12. The summed E-state index contributed by atoms with van der Waals surface area (Å²) in [5, 5.41) is 13.1. The Hall–Kier alpha value is -1.32. The Morgan fingerprint density at radius 3 is 2.38 bits per heavy atom. The van der Waals surface area contributed by atoms with E-state index in [9.17, 15) is 4.79 Å². The van der Waals surface area contributed by atoms with Gasteiger partial charge in [-0.05, 0) is 33.3 Å². The van der Waals surface area contributed by atoms with E-state index in [0.29, 0.717) is 0 Å². The summed E-state index contributed by atoms with van der Waals surface area (Å²) in [7, 11) is 0. The lowest BCUT2D eigenvalue weighted by atomic mass is 10.1. The number of nitrogens with zero attached hydrogens (tertiary/aromatic N) is 2. The van der Waals surface area contributed by atoms with Gasteiger partial charge < -0.3 is 5.11 Å². The molecule has 1 aromatic rings. The number of hydrogen-bond donors (Lipinski definition) is 1. The van der Waals surface area contributed by atoms with Gasteiger partial charge in [-0.1, -0.05) is 0 Å². The molecule has 1 N–H and O–H groups in total. The number of aliphatic carboxylic acids is 1. The highest BCUT2D eigenvalue weighted by Gasteiger charge is 2.30. The third kappa shape index (κ3) is 1.56. The number of aromatic nitrogens is 2. The first kappa shape index (κ1) is 9.77. The van der Waals surface area contributed by atoms with Gasteiger partial charge in [0.2, 0.25) is 0 Å². The quantitative estimate of drug-likeness (QED) is 0.750. The van der Waals surface area contributed by atoms with Crippen LogP contribution in [0.1, 0.15) is 25.1 Å². The smallest absolute Gasteiger partial charge is 0.331 e. The lowest BCUT2D eigenvalue weighted by Gasteiger charge is -2.19. The fourth-order valence-corrected chi connectivity index (χ4v) is 0.931. The van der Waals surface area contributed by atoms with Crippen molar-refractivity contribution in [2.75, 3.05) is 0 Å². The van der Waals surface area contributed by atoms with Crippen LogP contribution in [0.5, 0.6) is 0 Å². The van der Waals surface area contributed by atoms with Crippen LogP contribution in [0.3, 0.4) is 0 Å². The molecule has 4 nitrogen and oxygen atoms in total. The Kier molecular flexibility index (Phi) is 2.15. The SMILES string of the molecule is Cc1cn(C(C)(C)C(=O)O)nc1C. The average Bonchev–Trinajstić information content (AvgIpc) is 2.32. The molecule has 72 valence electrons.